The Morgan fingerprint density at radius 2 is 1.94 bits per heavy atom. The van der Waals surface area contributed by atoms with Crippen LogP contribution in [0.1, 0.15) is 33.6 Å². The monoisotopic (exact) mass is 234 g/mol. The first-order valence-electron chi connectivity index (χ1n) is 6.18. The predicted octanol–water partition coefficient (Wildman–Crippen LogP) is 1.35. The van der Waals surface area contributed by atoms with Gasteiger partial charge in [0.2, 0.25) is 0 Å². The molecule has 0 amide bonds. The lowest BCUT2D eigenvalue weighted by Crippen LogP contribution is -2.55. The molecule has 1 spiro atoms. The zero-order valence-corrected chi connectivity index (χ0v) is 10.4. The van der Waals surface area contributed by atoms with Gasteiger partial charge in [-0.1, -0.05) is 11.6 Å². The van der Waals surface area contributed by atoms with Gasteiger partial charge in [-0.2, -0.15) is 0 Å². The molecule has 0 bridgehead atoms. The fourth-order valence-corrected chi connectivity index (χ4v) is 3.74. The van der Waals surface area contributed by atoms with Gasteiger partial charge < -0.3 is 10.2 Å². The molecule has 17 heavy (non-hydrogen) atoms. The van der Waals surface area contributed by atoms with E-state index in [1.54, 1.807) is 19.9 Å². The van der Waals surface area contributed by atoms with Crippen molar-refractivity contribution in [2.24, 2.45) is 11.3 Å². The van der Waals surface area contributed by atoms with Crippen LogP contribution in [0, 0.1) is 11.3 Å². The van der Waals surface area contributed by atoms with Gasteiger partial charge in [-0.25, -0.2) is 0 Å². The van der Waals surface area contributed by atoms with Crippen LogP contribution < -0.4 is 0 Å². The summed E-state index contributed by atoms with van der Waals surface area (Å²) in [5.41, 5.74) is 0.950. The lowest BCUT2D eigenvalue weighted by Gasteiger charge is -2.45. The fraction of sp³-hybridized carbons (Fsp3) is 0.643. The summed E-state index contributed by atoms with van der Waals surface area (Å²) in [5, 5.41) is 21.0. The standard InChI is InChI=1S/C14H18O3/c1-7-6-9-10(11(7)15)8(2)14(4-5-14)13(3,17)12(9)16/h6,9,12,16-17H,4-5H2,1-3H3/t9-,12-,13-/m0/s1. The van der Waals surface area contributed by atoms with Gasteiger partial charge in [-0.3, -0.25) is 4.79 Å². The molecule has 3 aliphatic rings. The molecule has 0 heterocycles. The summed E-state index contributed by atoms with van der Waals surface area (Å²) in [4.78, 5) is 12.1. The van der Waals surface area contributed by atoms with E-state index in [-0.39, 0.29) is 17.1 Å². The molecule has 0 saturated heterocycles. The molecule has 3 atom stereocenters. The molecule has 0 unspecified atom stereocenters. The zero-order chi connectivity index (χ0) is 12.6. The van der Waals surface area contributed by atoms with Crippen LogP contribution in [0.15, 0.2) is 22.8 Å². The quantitative estimate of drug-likeness (QED) is 0.665. The zero-order valence-electron chi connectivity index (χ0n) is 10.4. The third-order valence-electron chi connectivity index (χ3n) is 5.12. The Kier molecular flexibility index (Phi) is 1.91. The number of carbonyl (C=O) groups excluding carboxylic acids is 1. The molecular formula is C14H18O3. The lowest BCUT2D eigenvalue weighted by molar-refractivity contribution is -0.125. The van der Waals surface area contributed by atoms with Crippen molar-refractivity contribution < 1.29 is 15.0 Å². The Bertz CT molecular complexity index is 478. The molecule has 1 saturated carbocycles. The smallest absolute Gasteiger partial charge is 0.185 e. The van der Waals surface area contributed by atoms with E-state index in [0.29, 0.717) is 5.57 Å². The Hall–Kier alpha value is -0.930. The third-order valence-corrected chi connectivity index (χ3v) is 5.12. The van der Waals surface area contributed by atoms with Gasteiger partial charge in [0.25, 0.3) is 0 Å². The number of fused-ring (bicyclic) bond motifs is 1. The number of ketones is 1. The van der Waals surface area contributed by atoms with Crippen LogP contribution in [0.4, 0.5) is 0 Å². The largest absolute Gasteiger partial charge is 0.389 e. The van der Waals surface area contributed by atoms with E-state index in [1.807, 2.05) is 6.92 Å². The van der Waals surface area contributed by atoms with Crippen molar-refractivity contribution in [2.75, 3.05) is 0 Å². The van der Waals surface area contributed by atoms with Crippen LogP contribution in [0.25, 0.3) is 0 Å². The number of hydrogen-bond acceptors (Lipinski definition) is 3. The van der Waals surface area contributed by atoms with Crippen molar-refractivity contribution in [3.05, 3.63) is 22.8 Å². The summed E-state index contributed by atoms with van der Waals surface area (Å²) >= 11 is 0. The molecule has 2 N–H and O–H groups in total. The van der Waals surface area contributed by atoms with E-state index >= 15 is 0 Å². The van der Waals surface area contributed by atoms with Crippen molar-refractivity contribution in [3.63, 3.8) is 0 Å². The van der Waals surface area contributed by atoms with Crippen molar-refractivity contribution in [1.82, 2.24) is 0 Å². The fourth-order valence-electron chi connectivity index (χ4n) is 3.74. The number of aliphatic hydroxyl groups is 2. The number of carbonyl (C=O) groups is 1. The minimum absolute atomic E-state index is 0.0494. The Balaban J connectivity index is 2.22. The molecule has 1 fully saturated rings. The normalized spacial score (nSPS) is 42.9. The van der Waals surface area contributed by atoms with E-state index in [2.05, 4.69) is 0 Å². The molecule has 3 nitrogen and oxygen atoms in total. The van der Waals surface area contributed by atoms with Crippen molar-refractivity contribution in [2.45, 2.75) is 45.3 Å². The maximum Gasteiger partial charge on any atom is 0.185 e. The molecule has 0 aromatic heterocycles. The highest BCUT2D eigenvalue weighted by molar-refractivity contribution is 6.12. The minimum Gasteiger partial charge on any atom is -0.389 e. The minimum atomic E-state index is -1.12. The van der Waals surface area contributed by atoms with E-state index in [1.165, 1.54) is 0 Å². The summed E-state index contributed by atoms with van der Waals surface area (Å²) in [6.07, 6.45) is 2.66. The van der Waals surface area contributed by atoms with Crippen LogP contribution in [-0.4, -0.2) is 27.7 Å². The number of Topliss-reactive ketones (excluding diaryl/α,β-unsaturated/α-hetero) is 1. The first-order chi connectivity index (χ1) is 7.83. The maximum atomic E-state index is 12.1. The second-order valence-electron chi connectivity index (χ2n) is 5.92. The molecule has 0 aromatic carbocycles. The van der Waals surface area contributed by atoms with E-state index < -0.39 is 11.7 Å². The van der Waals surface area contributed by atoms with Gasteiger partial charge >= 0.3 is 0 Å². The first-order valence-corrected chi connectivity index (χ1v) is 6.18. The van der Waals surface area contributed by atoms with Gasteiger partial charge in [0, 0.05) is 16.9 Å². The highest BCUT2D eigenvalue weighted by atomic mass is 16.3. The van der Waals surface area contributed by atoms with Gasteiger partial charge in [0.15, 0.2) is 5.78 Å². The number of allylic oxidation sites excluding steroid dienone is 1. The summed E-state index contributed by atoms with van der Waals surface area (Å²) in [6, 6.07) is 0. The van der Waals surface area contributed by atoms with E-state index in [0.717, 1.165) is 24.0 Å². The molecule has 3 aliphatic carbocycles. The molecule has 92 valence electrons. The highest BCUT2D eigenvalue weighted by Gasteiger charge is 2.66. The second kappa shape index (κ2) is 2.90. The predicted molar refractivity (Wildman–Crippen MR) is 63.3 cm³/mol. The lowest BCUT2D eigenvalue weighted by atomic mass is 9.65. The molecule has 3 rings (SSSR count). The summed E-state index contributed by atoms with van der Waals surface area (Å²) in [6.45, 7) is 5.43. The molecular weight excluding hydrogens is 216 g/mol. The summed E-state index contributed by atoms with van der Waals surface area (Å²) < 4.78 is 0. The van der Waals surface area contributed by atoms with Gasteiger partial charge in [-0.05, 0) is 39.2 Å². The average Bonchev–Trinajstić information content (AvgIpc) is 3.01. The number of rotatable bonds is 0. The Morgan fingerprint density at radius 1 is 1.35 bits per heavy atom. The average molecular weight is 234 g/mol. The number of aliphatic hydroxyl groups excluding tert-OH is 1. The van der Waals surface area contributed by atoms with Gasteiger partial charge in [0.1, 0.15) is 0 Å². The van der Waals surface area contributed by atoms with E-state index in [4.69, 9.17) is 0 Å². The van der Waals surface area contributed by atoms with Gasteiger partial charge in [-0.15, -0.1) is 0 Å². The molecule has 0 aromatic rings. The SMILES string of the molecule is CC1=C[C@H]2C(=C(C)C3(CC3)[C@@](C)(O)[C@H]2O)C1=O. The van der Waals surface area contributed by atoms with E-state index in [9.17, 15) is 15.0 Å². The van der Waals surface area contributed by atoms with Gasteiger partial charge in [0.05, 0.1) is 11.7 Å². The Labute approximate surface area is 101 Å². The summed E-state index contributed by atoms with van der Waals surface area (Å²) in [5.74, 6) is -0.267. The topological polar surface area (TPSA) is 57.5 Å². The van der Waals surface area contributed by atoms with Crippen LogP contribution >= 0.6 is 0 Å². The van der Waals surface area contributed by atoms with Crippen LogP contribution in [0.5, 0.6) is 0 Å². The van der Waals surface area contributed by atoms with Crippen molar-refractivity contribution in [1.29, 1.82) is 0 Å². The first kappa shape index (κ1) is 11.2. The van der Waals surface area contributed by atoms with Crippen LogP contribution in [0.3, 0.4) is 0 Å². The molecule has 3 heteroatoms. The van der Waals surface area contributed by atoms with Crippen molar-refractivity contribution in [3.8, 4) is 0 Å². The Morgan fingerprint density at radius 3 is 2.47 bits per heavy atom. The molecule has 0 radical (unpaired) electrons. The van der Waals surface area contributed by atoms with Crippen LogP contribution in [0.2, 0.25) is 0 Å². The number of hydrogen-bond donors (Lipinski definition) is 2. The maximum absolute atomic E-state index is 12.1. The van der Waals surface area contributed by atoms with Crippen molar-refractivity contribution >= 4 is 5.78 Å². The summed E-state index contributed by atoms with van der Waals surface area (Å²) in [7, 11) is 0. The second-order valence-corrected chi connectivity index (χ2v) is 5.92. The van der Waals surface area contributed by atoms with Crippen LogP contribution in [-0.2, 0) is 4.79 Å². The third kappa shape index (κ3) is 1.07. The highest BCUT2D eigenvalue weighted by Crippen LogP contribution is 2.65. The molecule has 0 aliphatic heterocycles.